The molecule has 0 bridgehead atoms. The van der Waals surface area contributed by atoms with Gasteiger partial charge in [-0.1, -0.05) is 27.7 Å². The summed E-state index contributed by atoms with van der Waals surface area (Å²) in [6.07, 6.45) is 1.11. The van der Waals surface area contributed by atoms with Crippen molar-refractivity contribution in [3.63, 3.8) is 0 Å². The van der Waals surface area contributed by atoms with E-state index < -0.39 is 0 Å². The van der Waals surface area contributed by atoms with E-state index in [-0.39, 0.29) is 0 Å². The smallest absolute Gasteiger partial charge is 0.0934 e. The molecule has 16 heavy (non-hydrogen) atoms. The van der Waals surface area contributed by atoms with Crippen molar-refractivity contribution < 1.29 is 0 Å². The van der Waals surface area contributed by atoms with Gasteiger partial charge in [-0.3, -0.25) is 0 Å². The number of aromatic nitrogens is 1. The predicted molar refractivity (Wildman–Crippen MR) is 71.9 cm³/mol. The normalized spacial score (nSPS) is 11.7. The van der Waals surface area contributed by atoms with Gasteiger partial charge in [-0.05, 0) is 25.3 Å². The first-order chi connectivity index (χ1) is 7.49. The zero-order valence-corrected chi connectivity index (χ0v) is 11.9. The molecular weight excluding hydrogens is 216 g/mol. The van der Waals surface area contributed by atoms with Crippen LogP contribution in [0.15, 0.2) is 0 Å². The van der Waals surface area contributed by atoms with Crippen LogP contribution in [0.25, 0.3) is 0 Å². The number of hydrogen-bond acceptors (Lipinski definition) is 3. The Kier molecular flexibility index (Phi) is 5.42. The minimum Gasteiger partial charge on any atom is -0.312 e. The molecule has 0 unspecified atom stereocenters. The van der Waals surface area contributed by atoms with E-state index in [1.165, 1.54) is 15.6 Å². The van der Waals surface area contributed by atoms with Crippen molar-refractivity contribution in [2.75, 3.05) is 6.54 Å². The van der Waals surface area contributed by atoms with E-state index in [2.05, 4.69) is 44.9 Å². The van der Waals surface area contributed by atoms with Crippen molar-refractivity contribution in [1.82, 2.24) is 10.3 Å². The van der Waals surface area contributed by atoms with Crippen molar-refractivity contribution in [2.24, 2.45) is 11.8 Å². The van der Waals surface area contributed by atoms with Crippen LogP contribution >= 0.6 is 11.3 Å². The highest BCUT2D eigenvalue weighted by Crippen LogP contribution is 2.20. The van der Waals surface area contributed by atoms with E-state index in [1.54, 1.807) is 0 Å². The molecule has 1 rings (SSSR count). The van der Waals surface area contributed by atoms with Crippen molar-refractivity contribution >= 4 is 11.3 Å². The zero-order chi connectivity index (χ0) is 12.1. The Labute approximate surface area is 103 Å². The van der Waals surface area contributed by atoms with Gasteiger partial charge in [0.15, 0.2) is 0 Å². The zero-order valence-electron chi connectivity index (χ0n) is 11.1. The first-order valence-corrected chi connectivity index (χ1v) is 6.96. The van der Waals surface area contributed by atoms with E-state index in [4.69, 9.17) is 0 Å². The second-order valence-electron chi connectivity index (χ2n) is 5.24. The molecule has 1 aromatic rings. The molecule has 0 amide bonds. The summed E-state index contributed by atoms with van der Waals surface area (Å²) in [4.78, 5) is 6.03. The molecular formula is C13H24N2S. The quantitative estimate of drug-likeness (QED) is 0.824. The largest absolute Gasteiger partial charge is 0.312 e. The molecule has 92 valence electrons. The summed E-state index contributed by atoms with van der Waals surface area (Å²) in [5.74, 6) is 1.41. The van der Waals surface area contributed by atoms with Gasteiger partial charge in [-0.15, -0.1) is 11.3 Å². The summed E-state index contributed by atoms with van der Waals surface area (Å²) in [6, 6.07) is 0. The highest BCUT2D eigenvalue weighted by molar-refractivity contribution is 7.11. The van der Waals surface area contributed by atoms with Crippen LogP contribution < -0.4 is 5.32 Å². The molecule has 2 nitrogen and oxygen atoms in total. The molecule has 0 spiro atoms. The Hall–Kier alpha value is -0.410. The Morgan fingerprint density at radius 2 is 1.88 bits per heavy atom. The monoisotopic (exact) mass is 240 g/mol. The summed E-state index contributed by atoms with van der Waals surface area (Å²) in [6.45, 7) is 13.1. The fourth-order valence-electron chi connectivity index (χ4n) is 1.56. The van der Waals surface area contributed by atoms with Crippen LogP contribution in [0.1, 0.15) is 43.3 Å². The van der Waals surface area contributed by atoms with Crippen LogP contribution in [0.3, 0.4) is 0 Å². The molecule has 0 aromatic carbocycles. The van der Waals surface area contributed by atoms with Gasteiger partial charge in [0.2, 0.25) is 0 Å². The number of nitrogens with zero attached hydrogens (tertiary/aromatic N) is 1. The maximum atomic E-state index is 4.63. The molecule has 1 N–H and O–H groups in total. The van der Waals surface area contributed by atoms with Crippen LogP contribution in [0.4, 0.5) is 0 Å². The maximum absolute atomic E-state index is 4.63. The Morgan fingerprint density at radius 3 is 2.44 bits per heavy atom. The van der Waals surface area contributed by atoms with E-state index in [0.717, 1.165) is 19.5 Å². The molecule has 0 aliphatic rings. The van der Waals surface area contributed by atoms with Gasteiger partial charge in [0.25, 0.3) is 0 Å². The van der Waals surface area contributed by atoms with Gasteiger partial charge < -0.3 is 5.32 Å². The average molecular weight is 240 g/mol. The van der Waals surface area contributed by atoms with Gasteiger partial charge in [-0.25, -0.2) is 4.98 Å². The average Bonchev–Trinajstić information content (AvgIpc) is 2.45. The molecule has 1 aromatic heterocycles. The topological polar surface area (TPSA) is 24.9 Å². The summed E-state index contributed by atoms with van der Waals surface area (Å²) in [5, 5.41) is 4.76. The predicted octanol–water partition coefficient (Wildman–Crippen LogP) is 3.40. The lowest BCUT2D eigenvalue weighted by Crippen LogP contribution is -2.18. The van der Waals surface area contributed by atoms with Crippen molar-refractivity contribution in [3.05, 3.63) is 15.6 Å². The lowest BCUT2D eigenvalue weighted by Gasteiger charge is -2.05. The molecule has 0 radical (unpaired) electrons. The van der Waals surface area contributed by atoms with E-state index in [1.807, 2.05) is 11.3 Å². The molecule has 1 heterocycles. The van der Waals surface area contributed by atoms with Crippen LogP contribution in [0.2, 0.25) is 0 Å². The van der Waals surface area contributed by atoms with Crippen LogP contribution in [0, 0.1) is 18.8 Å². The van der Waals surface area contributed by atoms with Crippen molar-refractivity contribution in [2.45, 2.75) is 47.6 Å². The van der Waals surface area contributed by atoms with Gasteiger partial charge in [0, 0.05) is 17.8 Å². The first-order valence-electron chi connectivity index (χ1n) is 6.15. The summed E-state index contributed by atoms with van der Waals surface area (Å²) >= 11 is 1.87. The molecule has 0 aliphatic carbocycles. The number of thiazole rings is 1. The fourth-order valence-corrected chi connectivity index (χ4v) is 2.81. The summed E-state index contributed by atoms with van der Waals surface area (Å²) < 4.78 is 0. The Balaban J connectivity index is 2.50. The summed E-state index contributed by atoms with van der Waals surface area (Å²) in [5.41, 5.74) is 1.21. The highest BCUT2D eigenvalue weighted by Gasteiger charge is 2.08. The van der Waals surface area contributed by atoms with Gasteiger partial charge in [0.05, 0.1) is 10.7 Å². The van der Waals surface area contributed by atoms with Gasteiger partial charge >= 0.3 is 0 Å². The summed E-state index contributed by atoms with van der Waals surface area (Å²) in [7, 11) is 0. The highest BCUT2D eigenvalue weighted by atomic mass is 32.1. The molecule has 0 aliphatic heterocycles. The molecule has 0 saturated heterocycles. The van der Waals surface area contributed by atoms with E-state index >= 15 is 0 Å². The first kappa shape index (κ1) is 13.7. The number of nitrogens with one attached hydrogen (secondary N) is 1. The second kappa shape index (κ2) is 6.36. The third-order valence-electron chi connectivity index (χ3n) is 2.36. The van der Waals surface area contributed by atoms with Gasteiger partial charge in [0.1, 0.15) is 0 Å². The maximum Gasteiger partial charge on any atom is 0.0934 e. The third-order valence-corrected chi connectivity index (χ3v) is 3.54. The Morgan fingerprint density at radius 1 is 1.19 bits per heavy atom. The molecule has 0 atom stereocenters. The van der Waals surface area contributed by atoms with Crippen LogP contribution in [0.5, 0.6) is 0 Å². The fraction of sp³-hybridized carbons (Fsp3) is 0.769. The van der Waals surface area contributed by atoms with E-state index in [0.29, 0.717) is 11.8 Å². The third kappa shape index (κ3) is 4.62. The van der Waals surface area contributed by atoms with Crippen LogP contribution in [-0.4, -0.2) is 11.5 Å². The molecule has 3 heteroatoms. The molecule has 0 fully saturated rings. The lowest BCUT2D eigenvalue weighted by atomic mass is 10.1. The lowest BCUT2D eigenvalue weighted by molar-refractivity contribution is 0.554. The van der Waals surface area contributed by atoms with Crippen molar-refractivity contribution in [1.29, 1.82) is 0 Å². The van der Waals surface area contributed by atoms with Gasteiger partial charge in [-0.2, -0.15) is 0 Å². The van der Waals surface area contributed by atoms with E-state index in [9.17, 15) is 0 Å². The Bertz CT molecular complexity index is 316. The number of rotatable bonds is 6. The standard InChI is InChI=1S/C13H24N2S/c1-9(2)6-13-15-11(5)12(16-13)8-14-7-10(3)4/h9-10,14H,6-8H2,1-5H3. The van der Waals surface area contributed by atoms with Crippen LogP contribution in [-0.2, 0) is 13.0 Å². The molecule has 0 saturated carbocycles. The second-order valence-corrected chi connectivity index (χ2v) is 6.41. The minimum atomic E-state index is 0.696. The SMILES string of the molecule is Cc1nc(CC(C)C)sc1CNCC(C)C. The number of aryl methyl sites for hydroxylation is 1. The number of hydrogen-bond donors (Lipinski definition) is 1. The minimum absolute atomic E-state index is 0.696. The van der Waals surface area contributed by atoms with Crippen molar-refractivity contribution in [3.8, 4) is 0 Å².